The van der Waals surface area contributed by atoms with Gasteiger partial charge in [-0.2, -0.15) is 13.2 Å². The Morgan fingerprint density at radius 3 is 2.25 bits per heavy atom. The van der Waals surface area contributed by atoms with Crippen LogP contribution in [0.15, 0.2) is 41.9 Å². The van der Waals surface area contributed by atoms with Crippen molar-refractivity contribution in [2.24, 2.45) is 17.8 Å². The van der Waals surface area contributed by atoms with Crippen molar-refractivity contribution in [3.8, 4) is 0 Å². The number of aliphatic hydroxyl groups excluding tert-OH is 2. The molecule has 0 radical (unpaired) electrons. The van der Waals surface area contributed by atoms with Gasteiger partial charge in [-0.15, -0.1) is 11.3 Å². The Morgan fingerprint density at radius 1 is 0.961 bits per heavy atom. The number of hydrogen-bond acceptors (Lipinski definition) is 8. The van der Waals surface area contributed by atoms with E-state index in [1.807, 2.05) is 44.2 Å². The van der Waals surface area contributed by atoms with Gasteiger partial charge in [0.1, 0.15) is 12.1 Å². The lowest BCUT2D eigenvalue weighted by Gasteiger charge is -2.35. The molecule has 2 aromatic rings. The van der Waals surface area contributed by atoms with E-state index in [4.69, 9.17) is 0 Å². The number of nitrogens with one attached hydrogen (secondary N) is 2. The molecule has 1 aromatic heterocycles. The van der Waals surface area contributed by atoms with E-state index in [9.17, 15) is 37.8 Å². The van der Waals surface area contributed by atoms with Crippen LogP contribution >= 0.6 is 11.3 Å². The predicted molar refractivity (Wildman–Crippen MR) is 190 cm³/mol. The molecule has 4 N–H and O–H groups in total. The third kappa shape index (κ3) is 13.8. The molecule has 284 valence electrons. The van der Waals surface area contributed by atoms with Gasteiger partial charge in [0.2, 0.25) is 17.7 Å². The van der Waals surface area contributed by atoms with Crippen LogP contribution in [0.4, 0.5) is 13.2 Å². The van der Waals surface area contributed by atoms with Gasteiger partial charge in [0.05, 0.1) is 29.6 Å². The number of aliphatic hydroxyl groups is 2. The number of aromatic nitrogens is 1. The van der Waals surface area contributed by atoms with E-state index in [1.165, 1.54) is 21.1 Å². The van der Waals surface area contributed by atoms with Crippen molar-refractivity contribution in [3.05, 3.63) is 52.5 Å². The summed E-state index contributed by atoms with van der Waals surface area (Å²) in [5.74, 6) is -1.81. The Kier molecular flexibility index (Phi) is 15.7. The molecule has 1 aromatic carbocycles. The van der Waals surface area contributed by atoms with Crippen LogP contribution in [0.5, 0.6) is 0 Å². The summed E-state index contributed by atoms with van der Waals surface area (Å²) < 4.78 is 38.8. The van der Waals surface area contributed by atoms with Gasteiger partial charge in [0, 0.05) is 50.6 Å². The van der Waals surface area contributed by atoms with Crippen LogP contribution in [0.3, 0.4) is 0 Å². The highest BCUT2D eigenvalue weighted by molar-refractivity contribution is 7.09. The standard InChI is InChI=1S/C37H54F3N5O5S/c1-25(2)19-31(46)34(48)29(21-27-11-7-4-8-12-27)42-36(50)30(23-32-41-13-18-51-32)43-35(49)28(20-26-9-5-3-6-10-26)22-33(47)45-16-14-44(15-17-45)24-37(38,39)40/h3,5-6,9-10,13,18,25,27-31,34,46,48H,4,7-8,11-12,14-17,19-24H2,1-2H3,(H,42,50)(H,43,49). The summed E-state index contributed by atoms with van der Waals surface area (Å²) in [5, 5.41) is 30.5. The number of benzene rings is 1. The summed E-state index contributed by atoms with van der Waals surface area (Å²) in [6, 6.07) is 7.38. The Balaban J connectivity index is 1.51. The van der Waals surface area contributed by atoms with Crippen molar-refractivity contribution in [3.63, 3.8) is 0 Å². The zero-order valence-corrected chi connectivity index (χ0v) is 30.5. The van der Waals surface area contributed by atoms with E-state index in [-0.39, 0.29) is 63.2 Å². The minimum absolute atomic E-state index is 0.0800. The van der Waals surface area contributed by atoms with Gasteiger partial charge in [0.15, 0.2) is 0 Å². The fraction of sp³-hybridized carbons (Fsp3) is 0.676. The molecule has 1 aliphatic carbocycles. The number of amides is 3. The lowest BCUT2D eigenvalue weighted by atomic mass is 9.82. The zero-order valence-electron chi connectivity index (χ0n) is 29.7. The second kappa shape index (κ2) is 19.7. The molecule has 0 bridgehead atoms. The number of piperazine rings is 1. The first-order valence-electron chi connectivity index (χ1n) is 18.2. The van der Waals surface area contributed by atoms with E-state index in [0.717, 1.165) is 37.7 Å². The molecular weight excluding hydrogens is 683 g/mol. The zero-order chi connectivity index (χ0) is 37.0. The van der Waals surface area contributed by atoms with Crippen LogP contribution in [0.1, 0.15) is 75.8 Å². The highest BCUT2D eigenvalue weighted by atomic mass is 32.1. The van der Waals surface area contributed by atoms with Crippen LogP contribution < -0.4 is 10.6 Å². The summed E-state index contributed by atoms with van der Waals surface area (Å²) >= 11 is 1.34. The molecule has 10 nitrogen and oxygen atoms in total. The molecular formula is C37H54F3N5O5S. The van der Waals surface area contributed by atoms with Crippen LogP contribution in [0.2, 0.25) is 0 Å². The Labute approximate surface area is 303 Å². The number of carbonyl (C=O) groups excluding carboxylic acids is 3. The Bertz CT molecular complexity index is 1350. The van der Waals surface area contributed by atoms with Gasteiger partial charge >= 0.3 is 6.18 Å². The third-order valence-electron chi connectivity index (χ3n) is 9.90. The maximum atomic E-state index is 14.1. The number of thiazole rings is 1. The predicted octanol–water partition coefficient (Wildman–Crippen LogP) is 4.35. The van der Waals surface area contributed by atoms with Gasteiger partial charge in [-0.05, 0) is 36.7 Å². The van der Waals surface area contributed by atoms with Crippen molar-refractivity contribution < 1.29 is 37.8 Å². The SMILES string of the molecule is CC(C)CC(O)C(O)C(CC1CCCCC1)NC(=O)C(Cc1nccs1)NC(=O)C(CC(=O)N1CCN(CC(F)(F)F)CC1)Cc1ccccc1. The fourth-order valence-electron chi connectivity index (χ4n) is 7.17. The van der Waals surface area contributed by atoms with Gasteiger partial charge in [-0.25, -0.2) is 4.98 Å². The monoisotopic (exact) mass is 737 g/mol. The first-order valence-corrected chi connectivity index (χ1v) is 19.1. The summed E-state index contributed by atoms with van der Waals surface area (Å²) in [6.07, 6.45) is 1.27. The number of nitrogens with zero attached hydrogens (tertiary/aromatic N) is 3. The normalized spacial score (nSPS) is 19.3. The third-order valence-corrected chi connectivity index (χ3v) is 10.7. The van der Waals surface area contributed by atoms with E-state index < -0.39 is 54.7 Å². The number of alkyl halides is 3. The molecule has 1 saturated carbocycles. The highest BCUT2D eigenvalue weighted by Crippen LogP contribution is 2.29. The first kappa shape index (κ1) is 40.7. The molecule has 2 fully saturated rings. The maximum Gasteiger partial charge on any atom is 0.401 e. The summed E-state index contributed by atoms with van der Waals surface area (Å²) in [5.41, 5.74) is 0.816. The molecule has 1 aliphatic heterocycles. The first-order chi connectivity index (χ1) is 24.3. The quantitative estimate of drug-likeness (QED) is 0.190. The van der Waals surface area contributed by atoms with E-state index in [2.05, 4.69) is 15.6 Å². The molecule has 3 amide bonds. The molecule has 51 heavy (non-hydrogen) atoms. The average Bonchev–Trinajstić information content (AvgIpc) is 3.60. The van der Waals surface area contributed by atoms with Gasteiger partial charge in [0.25, 0.3) is 0 Å². The molecule has 5 unspecified atom stereocenters. The number of hydrogen-bond donors (Lipinski definition) is 4. The second-order valence-electron chi connectivity index (χ2n) is 14.6. The van der Waals surface area contributed by atoms with E-state index >= 15 is 0 Å². The lowest BCUT2D eigenvalue weighted by Crippen LogP contribution is -2.56. The van der Waals surface area contributed by atoms with Crippen LogP contribution in [0, 0.1) is 17.8 Å². The van der Waals surface area contributed by atoms with Crippen molar-refractivity contribution >= 4 is 29.1 Å². The molecule has 2 heterocycles. The Morgan fingerprint density at radius 2 is 1.65 bits per heavy atom. The van der Waals surface area contributed by atoms with Gasteiger partial charge in [-0.3, -0.25) is 19.3 Å². The summed E-state index contributed by atoms with van der Waals surface area (Å²) in [4.78, 5) is 48.7. The van der Waals surface area contributed by atoms with Crippen molar-refractivity contribution in [2.75, 3.05) is 32.7 Å². The van der Waals surface area contributed by atoms with Crippen LogP contribution in [-0.4, -0.2) is 106 Å². The minimum Gasteiger partial charge on any atom is -0.390 e. The number of carbonyl (C=O) groups is 3. The maximum absolute atomic E-state index is 14.1. The molecule has 0 spiro atoms. The van der Waals surface area contributed by atoms with Crippen LogP contribution in [-0.2, 0) is 27.2 Å². The second-order valence-corrected chi connectivity index (χ2v) is 15.6. The fourth-order valence-corrected chi connectivity index (χ4v) is 7.84. The topological polar surface area (TPSA) is 135 Å². The smallest absolute Gasteiger partial charge is 0.390 e. The average molecular weight is 738 g/mol. The largest absolute Gasteiger partial charge is 0.401 e. The molecule has 1 saturated heterocycles. The van der Waals surface area contributed by atoms with Crippen LogP contribution in [0.25, 0.3) is 0 Å². The van der Waals surface area contributed by atoms with Crippen molar-refractivity contribution in [2.45, 2.75) is 109 Å². The number of rotatable bonds is 17. The molecule has 14 heteroatoms. The highest BCUT2D eigenvalue weighted by Gasteiger charge is 2.36. The summed E-state index contributed by atoms with van der Waals surface area (Å²) in [6.45, 7) is 3.27. The molecule has 5 atom stereocenters. The molecule has 4 rings (SSSR count). The van der Waals surface area contributed by atoms with Crippen molar-refractivity contribution in [1.29, 1.82) is 0 Å². The van der Waals surface area contributed by atoms with Crippen molar-refractivity contribution in [1.82, 2.24) is 25.4 Å². The lowest BCUT2D eigenvalue weighted by molar-refractivity contribution is -0.152. The Hall–Kier alpha value is -3.07. The van der Waals surface area contributed by atoms with E-state index in [1.54, 1.807) is 11.6 Å². The molecule has 2 aliphatic rings. The number of halogens is 3. The van der Waals surface area contributed by atoms with E-state index in [0.29, 0.717) is 17.8 Å². The minimum atomic E-state index is -4.33. The summed E-state index contributed by atoms with van der Waals surface area (Å²) in [7, 11) is 0. The van der Waals surface area contributed by atoms with Gasteiger partial charge < -0.3 is 25.7 Å². The van der Waals surface area contributed by atoms with Gasteiger partial charge in [-0.1, -0.05) is 76.3 Å².